The smallest absolute Gasteiger partial charge is 0.870 e. The Labute approximate surface area is 62.7 Å². The van der Waals surface area contributed by atoms with Crippen molar-refractivity contribution in [2.45, 2.75) is 0 Å². The summed E-state index contributed by atoms with van der Waals surface area (Å²) in [4.78, 5) is 0. The van der Waals surface area contributed by atoms with E-state index in [1.54, 1.807) is 0 Å². The van der Waals surface area contributed by atoms with Gasteiger partial charge in [-0.2, -0.15) is 0 Å². The van der Waals surface area contributed by atoms with E-state index < -0.39 is 0 Å². The van der Waals surface area contributed by atoms with E-state index >= 15 is 0 Å². The van der Waals surface area contributed by atoms with E-state index in [1.807, 2.05) is 0 Å². The maximum Gasteiger partial charge on any atom is 2.00 e. The molecule has 0 spiro atoms. The van der Waals surface area contributed by atoms with Gasteiger partial charge in [-0.3, -0.25) is 0 Å². The fourth-order valence-corrected chi connectivity index (χ4v) is 0. The zero-order chi connectivity index (χ0) is 0. The maximum absolute atomic E-state index is 0. The summed E-state index contributed by atoms with van der Waals surface area (Å²) in [6, 6.07) is 0. The summed E-state index contributed by atoms with van der Waals surface area (Å²) >= 11 is 0. The van der Waals surface area contributed by atoms with Crippen molar-refractivity contribution < 1.29 is 37.5 Å². The molecule has 0 rings (SSSR count). The first-order valence-corrected chi connectivity index (χ1v) is 0. The summed E-state index contributed by atoms with van der Waals surface area (Å²) in [5.41, 5.74) is 0. The van der Waals surface area contributed by atoms with Crippen LogP contribution in [0.3, 0.4) is 0 Å². The van der Waals surface area contributed by atoms with E-state index in [0.29, 0.717) is 0 Å². The third kappa shape index (κ3) is 1120. The SMILES string of the molecule is O.[NH2-].[NH2-].[NH2-].[NH2-].[OH-].[OH-].[Pt+2]. The Kier molecular flexibility index (Phi) is 631000. The standard InChI is InChI=1S/4H2N.3H2O.Pt/h7*1H2;/q4*-1;;;;+2/p-2. The van der Waals surface area contributed by atoms with Crippen LogP contribution in [-0.2, 0) is 21.1 Å². The molecule has 7 nitrogen and oxygen atoms in total. The van der Waals surface area contributed by atoms with E-state index in [4.69, 9.17) is 0 Å². The molecule has 8 heteroatoms. The fourth-order valence-electron chi connectivity index (χ4n) is 0. The molecular formula is H12N4O3Pt-4. The molecule has 0 aliphatic rings. The molecule has 0 unspecified atom stereocenters. The van der Waals surface area contributed by atoms with Gasteiger partial charge >= 0.3 is 21.1 Å². The van der Waals surface area contributed by atoms with E-state index in [-0.39, 0.29) is 62.1 Å². The van der Waals surface area contributed by atoms with Crippen LogP contribution < -0.4 is 0 Å². The van der Waals surface area contributed by atoms with Gasteiger partial charge in [0.05, 0.1) is 0 Å². The molecule has 0 radical (unpaired) electrons. The molecule has 0 saturated carbocycles. The van der Waals surface area contributed by atoms with E-state index in [1.165, 1.54) is 0 Å². The van der Waals surface area contributed by atoms with Gasteiger partial charge in [-0.05, 0) is 0 Å². The largest absolute Gasteiger partial charge is 2.00 e. The zero-order valence-corrected chi connectivity index (χ0v) is 6.29. The van der Waals surface area contributed by atoms with Gasteiger partial charge < -0.3 is 41.0 Å². The van der Waals surface area contributed by atoms with Crippen molar-refractivity contribution in [1.29, 1.82) is 0 Å². The van der Waals surface area contributed by atoms with Gasteiger partial charge in [-0.25, -0.2) is 0 Å². The third-order valence-electron chi connectivity index (χ3n) is 0. The predicted octanol–water partition coefficient (Wildman–Crippen LogP) is 1.69. The molecule has 12 N–H and O–H groups in total. The minimum Gasteiger partial charge on any atom is -0.870 e. The average molecular weight is 311 g/mol. The molecule has 0 saturated heterocycles. The second-order valence-electron chi connectivity index (χ2n) is 0. The quantitative estimate of drug-likeness (QED) is 0.650. The summed E-state index contributed by atoms with van der Waals surface area (Å²) in [7, 11) is 0. The topological polar surface area (TPSA) is 226 Å². The van der Waals surface area contributed by atoms with Crippen LogP contribution in [0.4, 0.5) is 0 Å². The van der Waals surface area contributed by atoms with Crippen molar-refractivity contribution in [1.82, 2.24) is 0 Å². The Morgan fingerprint density at radius 3 is 0.500 bits per heavy atom. The molecule has 64 valence electrons. The van der Waals surface area contributed by atoms with E-state index in [2.05, 4.69) is 0 Å². The van der Waals surface area contributed by atoms with Crippen LogP contribution in [0.2, 0.25) is 0 Å². The normalized spacial score (nSPS) is 0. The molecule has 0 bridgehead atoms. The predicted molar refractivity (Wildman–Crippen MR) is 28.6 cm³/mol. The summed E-state index contributed by atoms with van der Waals surface area (Å²) < 4.78 is 0. The Morgan fingerprint density at radius 1 is 0.500 bits per heavy atom. The third-order valence-corrected chi connectivity index (χ3v) is 0. The maximum atomic E-state index is 0. The minimum atomic E-state index is 0. The molecule has 0 aromatic carbocycles. The van der Waals surface area contributed by atoms with Crippen molar-refractivity contribution in [3.63, 3.8) is 0 Å². The fraction of sp³-hybridized carbons (Fsp3) is 0. The van der Waals surface area contributed by atoms with Gasteiger partial charge in [0.15, 0.2) is 0 Å². The van der Waals surface area contributed by atoms with Crippen LogP contribution in [0, 0.1) is 0 Å². The Morgan fingerprint density at radius 2 is 0.500 bits per heavy atom. The molecule has 8 heavy (non-hydrogen) atoms. The van der Waals surface area contributed by atoms with Crippen molar-refractivity contribution in [2.24, 2.45) is 0 Å². The number of hydrogen-bond acceptors (Lipinski definition) is 2. The van der Waals surface area contributed by atoms with Crippen LogP contribution >= 0.6 is 0 Å². The van der Waals surface area contributed by atoms with Crippen molar-refractivity contribution in [3.8, 4) is 0 Å². The molecule has 0 aliphatic carbocycles. The van der Waals surface area contributed by atoms with Gasteiger partial charge in [-0.1, -0.05) is 0 Å². The molecule has 0 aromatic rings. The van der Waals surface area contributed by atoms with Crippen molar-refractivity contribution in [3.05, 3.63) is 24.6 Å². The Bertz CT molecular complexity index is 11.2. The van der Waals surface area contributed by atoms with Gasteiger partial charge in [0.25, 0.3) is 0 Å². The van der Waals surface area contributed by atoms with E-state index in [9.17, 15) is 0 Å². The molecule has 0 amide bonds. The van der Waals surface area contributed by atoms with Gasteiger partial charge in [0.2, 0.25) is 0 Å². The molecule has 0 fully saturated rings. The molecule has 0 aliphatic heterocycles. The molecular weight excluding hydrogens is 299 g/mol. The van der Waals surface area contributed by atoms with Gasteiger partial charge in [0.1, 0.15) is 0 Å². The second-order valence-corrected chi connectivity index (χ2v) is 0. The van der Waals surface area contributed by atoms with Crippen LogP contribution in [0.1, 0.15) is 0 Å². The Hall–Kier alpha value is 0.408. The molecule has 0 heterocycles. The number of hydrogen-bond donors (Lipinski definition) is 0. The first kappa shape index (κ1) is 2770. The van der Waals surface area contributed by atoms with Gasteiger partial charge in [0, 0.05) is 0 Å². The van der Waals surface area contributed by atoms with Crippen molar-refractivity contribution in [2.75, 3.05) is 0 Å². The molecule has 0 atom stereocenters. The zero-order valence-electron chi connectivity index (χ0n) is 4.02. The Balaban J connectivity index is 0. The number of nitrogens with two attached hydrogens (primary N) is 4. The second kappa shape index (κ2) is 1820. The van der Waals surface area contributed by atoms with Crippen LogP contribution in [0.15, 0.2) is 0 Å². The molecule has 0 aromatic heterocycles. The summed E-state index contributed by atoms with van der Waals surface area (Å²) in [5, 5.41) is 0. The van der Waals surface area contributed by atoms with Crippen LogP contribution in [-0.4, -0.2) is 16.4 Å². The summed E-state index contributed by atoms with van der Waals surface area (Å²) in [6.07, 6.45) is 0. The van der Waals surface area contributed by atoms with E-state index in [0.717, 1.165) is 0 Å². The average Bonchev–Trinajstić information content (AvgIpc) is 0. The summed E-state index contributed by atoms with van der Waals surface area (Å²) in [6.45, 7) is 0. The summed E-state index contributed by atoms with van der Waals surface area (Å²) in [5.74, 6) is 0. The van der Waals surface area contributed by atoms with Crippen LogP contribution in [0.5, 0.6) is 0 Å². The van der Waals surface area contributed by atoms with Crippen LogP contribution in [0.25, 0.3) is 24.6 Å². The first-order chi connectivity index (χ1) is 0. The van der Waals surface area contributed by atoms with Crippen molar-refractivity contribution >= 4 is 0 Å². The number of rotatable bonds is 0. The minimum absolute atomic E-state index is 0. The monoisotopic (exact) mass is 311 g/mol. The first-order valence-electron chi connectivity index (χ1n) is 0. The van der Waals surface area contributed by atoms with Gasteiger partial charge in [-0.15, -0.1) is 0 Å².